The van der Waals surface area contributed by atoms with Crippen molar-refractivity contribution in [2.45, 2.75) is 32.3 Å². The van der Waals surface area contributed by atoms with E-state index in [1.165, 1.54) is 23.4 Å². The van der Waals surface area contributed by atoms with Crippen LogP contribution in [0.2, 0.25) is 5.02 Å². The van der Waals surface area contributed by atoms with Gasteiger partial charge >= 0.3 is 5.69 Å². The summed E-state index contributed by atoms with van der Waals surface area (Å²) in [5.74, 6) is 0.610. The van der Waals surface area contributed by atoms with Crippen LogP contribution in [-0.4, -0.2) is 30.6 Å². The highest BCUT2D eigenvalue weighted by Crippen LogP contribution is 2.24. The van der Waals surface area contributed by atoms with Gasteiger partial charge in [0.2, 0.25) is 0 Å². The Morgan fingerprint density at radius 1 is 1.17 bits per heavy atom. The third-order valence-corrected chi connectivity index (χ3v) is 5.54. The quantitative estimate of drug-likeness (QED) is 0.338. The lowest BCUT2D eigenvalue weighted by atomic mass is 10.1. The van der Waals surface area contributed by atoms with Crippen LogP contribution in [0.25, 0.3) is 11.0 Å². The lowest BCUT2D eigenvalue weighted by Gasteiger charge is -2.15. The van der Waals surface area contributed by atoms with Crippen LogP contribution in [-0.2, 0) is 13.6 Å². The third kappa shape index (κ3) is 4.43. The minimum atomic E-state index is -0.466. The summed E-state index contributed by atoms with van der Waals surface area (Å²) in [5, 5.41) is 1.21. The van der Waals surface area contributed by atoms with Gasteiger partial charge in [-0.2, -0.15) is 0 Å². The molecule has 0 fully saturated rings. The lowest BCUT2D eigenvalue weighted by molar-refractivity contribution is 0.102. The van der Waals surface area contributed by atoms with E-state index in [1.54, 1.807) is 31.2 Å². The van der Waals surface area contributed by atoms with Crippen LogP contribution < -0.4 is 11.2 Å². The number of nitrogens with zero attached hydrogens (tertiary/aromatic N) is 4. The molecule has 152 valence electrons. The first-order valence-electron chi connectivity index (χ1n) is 9.08. The van der Waals surface area contributed by atoms with E-state index in [4.69, 9.17) is 11.6 Å². The van der Waals surface area contributed by atoms with Gasteiger partial charge in [0.25, 0.3) is 5.56 Å². The largest absolute Gasteiger partial charge is 0.332 e. The van der Waals surface area contributed by atoms with Crippen LogP contribution in [0.5, 0.6) is 0 Å². The summed E-state index contributed by atoms with van der Waals surface area (Å²) in [4.78, 5) is 46.7. The van der Waals surface area contributed by atoms with Crippen LogP contribution >= 0.6 is 23.4 Å². The van der Waals surface area contributed by atoms with Crippen LogP contribution in [0, 0.1) is 12.8 Å². The van der Waals surface area contributed by atoms with Crippen LogP contribution in [0.3, 0.4) is 0 Å². The second kappa shape index (κ2) is 8.51. The highest BCUT2D eigenvalue weighted by atomic mass is 35.5. The molecule has 3 aromatic rings. The number of aromatic nitrogens is 4. The summed E-state index contributed by atoms with van der Waals surface area (Å²) in [6.45, 7) is 6.09. The van der Waals surface area contributed by atoms with E-state index in [-0.39, 0.29) is 22.8 Å². The molecule has 0 N–H and O–H groups in total. The number of thioether (sulfide) groups is 1. The molecule has 7 nitrogen and oxygen atoms in total. The van der Waals surface area contributed by atoms with Gasteiger partial charge in [-0.05, 0) is 37.1 Å². The molecule has 0 aliphatic rings. The van der Waals surface area contributed by atoms with Gasteiger partial charge in [0.05, 0.1) is 5.75 Å². The Hall–Kier alpha value is -2.45. The predicted molar refractivity (Wildman–Crippen MR) is 115 cm³/mol. The number of carbonyl (C=O) groups excluding carboxylic acids is 1. The molecule has 9 heteroatoms. The average molecular weight is 433 g/mol. The third-order valence-electron chi connectivity index (χ3n) is 4.31. The molecule has 29 heavy (non-hydrogen) atoms. The number of carbonyl (C=O) groups is 1. The van der Waals surface area contributed by atoms with Crippen molar-refractivity contribution in [1.82, 2.24) is 19.1 Å². The topological polar surface area (TPSA) is 86.9 Å². The van der Waals surface area contributed by atoms with Crippen LogP contribution in [0.1, 0.15) is 30.0 Å². The maximum atomic E-state index is 12.8. The second-order valence-electron chi connectivity index (χ2n) is 7.14. The Morgan fingerprint density at radius 2 is 1.83 bits per heavy atom. The highest BCUT2D eigenvalue weighted by molar-refractivity contribution is 8.00. The molecular formula is C20H21ClN4O3S. The van der Waals surface area contributed by atoms with E-state index in [0.29, 0.717) is 33.6 Å². The predicted octanol–water partition coefficient (Wildman–Crippen LogP) is 3.08. The molecule has 1 aromatic carbocycles. The molecule has 0 bridgehead atoms. The molecule has 0 saturated heterocycles. The summed E-state index contributed by atoms with van der Waals surface area (Å²) in [5.41, 5.74) is -0.0451. The maximum absolute atomic E-state index is 12.8. The number of benzene rings is 1. The lowest BCUT2D eigenvalue weighted by Crippen LogP contribution is -2.39. The molecule has 2 heterocycles. The van der Waals surface area contributed by atoms with Gasteiger partial charge in [0.15, 0.2) is 11.4 Å². The zero-order chi connectivity index (χ0) is 21.3. The Morgan fingerprint density at radius 3 is 2.45 bits per heavy atom. The van der Waals surface area contributed by atoms with Crippen molar-refractivity contribution in [3.63, 3.8) is 0 Å². The van der Waals surface area contributed by atoms with Crippen molar-refractivity contribution < 1.29 is 4.79 Å². The Labute approximate surface area is 176 Å². The normalized spacial score (nSPS) is 11.4. The van der Waals surface area contributed by atoms with Gasteiger partial charge in [-0.25, -0.2) is 14.8 Å². The van der Waals surface area contributed by atoms with Gasteiger partial charge in [-0.15, -0.1) is 0 Å². The molecule has 0 atom stereocenters. The first-order valence-corrected chi connectivity index (χ1v) is 10.4. The molecule has 2 aromatic heterocycles. The number of aryl methyl sites for hydroxylation is 1. The fraction of sp³-hybridized carbons (Fsp3) is 0.350. The zero-order valence-corrected chi connectivity index (χ0v) is 18.2. The first-order chi connectivity index (χ1) is 13.7. The van der Waals surface area contributed by atoms with Crippen molar-refractivity contribution in [3.05, 3.63) is 61.5 Å². The van der Waals surface area contributed by atoms with E-state index in [1.807, 2.05) is 13.8 Å². The van der Waals surface area contributed by atoms with Crippen molar-refractivity contribution >= 4 is 40.2 Å². The number of hydrogen-bond acceptors (Lipinski definition) is 6. The molecule has 0 unspecified atom stereocenters. The molecule has 3 rings (SSSR count). The molecule has 0 radical (unpaired) electrons. The number of rotatable bonds is 6. The van der Waals surface area contributed by atoms with Gasteiger partial charge in [0, 0.05) is 24.2 Å². The highest BCUT2D eigenvalue weighted by Gasteiger charge is 2.19. The summed E-state index contributed by atoms with van der Waals surface area (Å²) in [6, 6.07) is 6.63. The molecule has 0 spiro atoms. The maximum Gasteiger partial charge on any atom is 0.332 e. The van der Waals surface area contributed by atoms with E-state index >= 15 is 0 Å². The molecular weight excluding hydrogens is 412 g/mol. The van der Waals surface area contributed by atoms with Crippen LogP contribution in [0.4, 0.5) is 0 Å². The first kappa shape index (κ1) is 21.3. The van der Waals surface area contributed by atoms with Crippen molar-refractivity contribution in [2.24, 2.45) is 13.0 Å². The monoisotopic (exact) mass is 432 g/mol. The summed E-state index contributed by atoms with van der Waals surface area (Å²) in [7, 11) is 1.44. The number of hydrogen-bond donors (Lipinski definition) is 0. The van der Waals surface area contributed by atoms with E-state index in [0.717, 1.165) is 4.57 Å². The Bertz CT molecular complexity index is 1200. The zero-order valence-electron chi connectivity index (χ0n) is 16.6. The number of Topliss-reactive ketones (excluding diaryl/α,β-unsaturated/α-hetero) is 1. The summed E-state index contributed by atoms with van der Waals surface area (Å²) >= 11 is 7.03. The minimum Gasteiger partial charge on any atom is -0.293 e. The van der Waals surface area contributed by atoms with E-state index in [9.17, 15) is 14.4 Å². The van der Waals surface area contributed by atoms with Gasteiger partial charge in [0.1, 0.15) is 16.2 Å². The molecule has 0 amide bonds. The van der Waals surface area contributed by atoms with E-state index < -0.39 is 11.2 Å². The smallest absolute Gasteiger partial charge is 0.293 e. The Kier molecular flexibility index (Phi) is 6.24. The molecule has 0 aliphatic carbocycles. The van der Waals surface area contributed by atoms with Crippen molar-refractivity contribution in [3.8, 4) is 0 Å². The van der Waals surface area contributed by atoms with Crippen molar-refractivity contribution in [1.29, 1.82) is 0 Å². The van der Waals surface area contributed by atoms with Gasteiger partial charge in [-0.3, -0.25) is 18.7 Å². The van der Waals surface area contributed by atoms with Crippen molar-refractivity contribution in [2.75, 3.05) is 5.75 Å². The Balaban J connectivity index is 2.07. The SMILES string of the molecule is Cc1nc(SCC(=O)c2ccc(Cl)cc2)c2c(=O)n(C)c(=O)n(CC(C)C)c2n1. The molecule has 0 aliphatic heterocycles. The second-order valence-corrected chi connectivity index (χ2v) is 8.55. The average Bonchev–Trinajstić information content (AvgIpc) is 2.67. The number of halogens is 1. The number of fused-ring (bicyclic) bond motifs is 1. The fourth-order valence-electron chi connectivity index (χ4n) is 2.93. The summed E-state index contributed by atoms with van der Waals surface area (Å²) in [6.07, 6.45) is 0. The van der Waals surface area contributed by atoms with Gasteiger partial charge < -0.3 is 0 Å². The van der Waals surface area contributed by atoms with Crippen LogP contribution in [0.15, 0.2) is 38.9 Å². The summed E-state index contributed by atoms with van der Waals surface area (Å²) < 4.78 is 2.57. The standard InChI is InChI=1S/C20H21ClN4O3S/c1-11(2)9-25-17-16(19(27)24(4)20(25)28)18(23-12(3)22-17)29-10-15(26)13-5-7-14(21)8-6-13/h5-8,11H,9-10H2,1-4H3. The van der Waals surface area contributed by atoms with Gasteiger partial charge in [-0.1, -0.05) is 37.2 Å². The minimum absolute atomic E-state index is 0.0969. The number of ketones is 1. The van der Waals surface area contributed by atoms with E-state index in [2.05, 4.69) is 9.97 Å². The fourth-order valence-corrected chi connectivity index (χ4v) is 4.01. The molecule has 0 saturated carbocycles.